The number of hydrogen-bond donors (Lipinski definition) is 7. The third kappa shape index (κ3) is 10.5. The van der Waals surface area contributed by atoms with Gasteiger partial charge in [0.1, 0.15) is 0 Å². The van der Waals surface area contributed by atoms with Crippen LogP contribution in [0.25, 0.3) is 0 Å². The maximum atomic E-state index is 11.3. The fourth-order valence-corrected chi connectivity index (χ4v) is 3.43. The minimum Gasteiger partial charge on any atom is -0.478 e. The number of hydrogen-bond acceptors (Lipinski definition) is 12. The summed E-state index contributed by atoms with van der Waals surface area (Å²) in [4.78, 5) is 35.0. The van der Waals surface area contributed by atoms with E-state index in [4.69, 9.17) is 0 Å². The molecular formula is C17H24N8O8S2. The summed E-state index contributed by atoms with van der Waals surface area (Å²) in [5, 5.41) is 26.8. The lowest BCUT2D eigenvalue weighted by Gasteiger charge is -2.12. The molecule has 0 spiro atoms. The van der Waals surface area contributed by atoms with Crippen molar-refractivity contribution in [2.75, 3.05) is 54.6 Å². The van der Waals surface area contributed by atoms with E-state index in [0.717, 1.165) is 18.6 Å². The van der Waals surface area contributed by atoms with E-state index in [9.17, 15) is 36.6 Å². The Morgan fingerprint density at radius 2 is 1.11 bits per heavy atom. The van der Waals surface area contributed by atoms with Gasteiger partial charge in [-0.05, 0) is 18.2 Å². The Balaban J connectivity index is 2.27. The van der Waals surface area contributed by atoms with Crippen molar-refractivity contribution in [3.05, 3.63) is 29.3 Å². The Morgan fingerprint density at radius 3 is 1.49 bits per heavy atom. The number of sulfonamides is 2. The normalized spacial score (nSPS) is 11.6. The van der Waals surface area contributed by atoms with Crippen molar-refractivity contribution >= 4 is 55.5 Å². The molecule has 192 valence electrons. The summed E-state index contributed by atoms with van der Waals surface area (Å²) in [6.45, 7) is 0.250. The molecule has 0 bridgehead atoms. The quantitative estimate of drug-likeness (QED) is 0.143. The molecule has 2 rings (SSSR count). The van der Waals surface area contributed by atoms with E-state index in [1.54, 1.807) is 0 Å². The highest BCUT2D eigenvalue weighted by atomic mass is 32.2. The summed E-state index contributed by atoms with van der Waals surface area (Å²) in [5.74, 6) is -2.77. The van der Waals surface area contributed by atoms with Crippen LogP contribution in [0.15, 0.2) is 18.2 Å². The van der Waals surface area contributed by atoms with Gasteiger partial charge in [-0.25, -0.2) is 35.9 Å². The number of rotatable bonds is 14. The third-order valence-corrected chi connectivity index (χ3v) is 5.32. The van der Waals surface area contributed by atoms with E-state index in [1.165, 1.54) is 12.1 Å². The van der Waals surface area contributed by atoms with Gasteiger partial charge in [0.25, 0.3) is 0 Å². The van der Waals surface area contributed by atoms with Crippen LogP contribution < -0.4 is 25.4 Å². The molecule has 0 radical (unpaired) electrons. The number of nitrogens with one attached hydrogen (secondary N) is 5. The van der Waals surface area contributed by atoms with E-state index in [-0.39, 0.29) is 60.8 Å². The molecule has 0 aliphatic carbocycles. The minimum atomic E-state index is -3.40. The molecule has 0 unspecified atom stereocenters. The number of carboxylic acids is 2. The number of aromatic carboxylic acids is 2. The Morgan fingerprint density at radius 1 is 0.714 bits per heavy atom. The fourth-order valence-electron chi connectivity index (χ4n) is 2.49. The standard InChI is InChI=1S/C17H24N8O8S2/c1-34(30,31)20-5-3-18-15-23-16(19-4-6-21-35(2,32)33)25-17(24-15)22-12-8-10(13(26)27)7-11(9-12)14(28)29/h7-9,20-21H,3-6H2,1-2H3,(H,26,27)(H,28,29)(H3,18,19,22,23,24,25). The van der Waals surface area contributed by atoms with Crippen molar-refractivity contribution < 1.29 is 36.6 Å². The number of anilines is 4. The van der Waals surface area contributed by atoms with Gasteiger partial charge in [-0.15, -0.1) is 0 Å². The zero-order valence-electron chi connectivity index (χ0n) is 18.6. The molecule has 0 saturated heterocycles. The van der Waals surface area contributed by atoms with Crippen molar-refractivity contribution in [1.82, 2.24) is 24.4 Å². The first kappa shape index (κ1) is 27.6. The lowest BCUT2D eigenvalue weighted by Crippen LogP contribution is -2.29. The van der Waals surface area contributed by atoms with Crippen molar-refractivity contribution in [3.8, 4) is 0 Å². The average Bonchev–Trinajstić information content (AvgIpc) is 2.72. The Kier molecular flexibility index (Phi) is 9.23. The monoisotopic (exact) mass is 532 g/mol. The molecule has 2 aromatic rings. The lowest BCUT2D eigenvalue weighted by molar-refractivity contribution is 0.0696. The van der Waals surface area contributed by atoms with Crippen LogP contribution in [-0.4, -0.2) is 92.6 Å². The van der Waals surface area contributed by atoms with E-state index in [2.05, 4.69) is 40.3 Å². The van der Waals surface area contributed by atoms with Gasteiger partial charge in [-0.3, -0.25) is 0 Å². The largest absolute Gasteiger partial charge is 0.478 e. The molecule has 16 nitrogen and oxygen atoms in total. The van der Waals surface area contributed by atoms with E-state index in [0.29, 0.717) is 0 Å². The van der Waals surface area contributed by atoms with Crippen LogP contribution in [0.2, 0.25) is 0 Å². The van der Waals surface area contributed by atoms with Crippen LogP contribution in [0.4, 0.5) is 23.5 Å². The zero-order chi connectivity index (χ0) is 26.2. The van der Waals surface area contributed by atoms with Crippen molar-refractivity contribution in [1.29, 1.82) is 0 Å². The van der Waals surface area contributed by atoms with Gasteiger partial charge in [0, 0.05) is 31.9 Å². The summed E-state index contributed by atoms with van der Waals surface area (Å²) >= 11 is 0. The highest BCUT2D eigenvalue weighted by Gasteiger charge is 2.14. The second-order valence-electron chi connectivity index (χ2n) is 7.03. The number of carboxylic acid groups (broad SMARTS) is 2. The molecule has 0 fully saturated rings. The van der Waals surface area contributed by atoms with Crippen LogP contribution in [0, 0.1) is 0 Å². The molecule has 0 aliphatic rings. The fraction of sp³-hybridized carbons (Fsp3) is 0.353. The molecule has 1 aromatic carbocycles. The van der Waals surface area contributed by atoms with E-state index >= 15 is 0 Å². The van der Waals surface area contributed by atoms with E-state index in [1.807, 2.05) is 0 Å². The van der Waals surface area contributed by atoms with Gasteiger partial charge in [0.2, 0.25) is 37.9 Å². The molecule has 1 aromatic heterocycles. The molecule has 0 atom stereocenters. The van der Waals surface area contributed by atoms with Gasteiger partial charge in [0.15, 0.2) is 0 Å². The van der Waals surface area contributed by atoms with Crippen LogP contribution in [0.3, 0.4) is 0 Å². The van der Waals surface area contributed by atoms with Crippen LogP contribution >= 0.6 is 0 Å². The summed E-state index contributed by atoms with van der Waals surface area (Å²) in [6, 6.07) is 3.36. The molecule has 0 amide bonds. The number of aromatic nitrogens is 3. The van der Waals surface area contributed by atoms with Gasteiger partial charge in [-0.2, -0.15) is 15.0 Å². The van der Waals surface area contributed by atoms with Crippen LogP contribution in [-0.2, 0) is 20.0 Å². The smallest absolute Gasteiger partial charge is 0.335 e. The van der Waals surface area contributed by atoms with Gasteiger partial charge >= 0.3 is 11.9 Å². The first-order valence-electron chi connectivity index (χ1n) is 9.73. The molecule has 18 heteroatoms. The summed E-state index contributed by atoms with van der Waals surface area (Å²) in [5.41, 5.74) is -0.489. The maximum Gasteiger partial charge on any atom is 0.335 e. The highest BCUT2D eigenvalue weighted by Crippen LogP contribution is 2.20. The van der Waals surface area contributed by atoms with Crippen molar-refractivity contribution in [2.45, 2.75) is 0 Å². The topological polar surface area (TPSA) is 242 Å². The number of nitrogens with zero attached hydrogens (tertiary/aromatic N) is 3. The molecule has 7 N–H and O–H groups in total. The summed E-state index contributed by atoms with van der Waals surface area (Å²) in [7, 11) is -6.81. The molecule has 35 heavy (non-hydrogen) atoms. The number of benzene rings is 1. The third-order valence-electron chi connectivity index (χ3n) is 3.86. The van der Waals surface area contributed by atoms with Gasteiger partial charge in [-0.1, -0.05) is 0 Å². The number of carbonyl (C=O) groups is 2. The Hall–Kier alpha value is -3.61. The highest BCUT2D eigenvalue weighted by molar-refractivity contribution is 7.89. The zero-order valence-corrected chi connectivity index (χ0v) is 20.2. The van der Waals surface area contributed by atoms with Crippen molar-refractivity contribution in [3.63, 3.8) is 0 Å². The van der Waals surface area contributed by atoms with Crippen LogP contribution in [0.1, 0.15) is 20.7 Å². The average molecular weight is 533 g/mol. The summed E-state index contributed by atoms with van der Waals surface area (Å²) in [6.07, 6.45) is 2.00. The Bertz CT molecular complexity index is 1210. The lowest BCUT2D eigenvalue weighted by atomic mass is 10.1. The first-order valence-corrected chi connectivity index (χ1v) is 13.5. The minimum absolute atomic E-state index is 0.00391. The SMILES string of the molecule is CS(=O)(=O)NCCNc1nc(NCCNS(C)(=O)=O)nc(Nc2cc(C(=O)O)cc(C(=O)O)c2)n1. The molecule has 0 aliphatic heterocycles. The molecule has 0 saturated carbocycles. The predicted molar refractivity (Wildman–Crippen MR) is 126 cm³/mol. The van der Waals surface area contributed by atoms with Crippen LogP contribution in [0.5, 0.6) is 0 Å². The first-order chi connectivity index (χ1) is 16.2. The van der Waals surface area contributed by atoms with Gasteiger partial charge < -0.3 is 26.2 Å². The van der Waals surface area contributed by atoms with E-state index < -0.39 is 32.0 Å². The second-order valence-corrected chi connectivity index (χ2v) is 10.7. The molecule has 1 heterocycles. The Labute approximate surface area is 200 Å². The second kappa shape index (κ2) is 11.7. The van der Waals surface area contributed by atoms with Crippen molar-refractivity contribution in [2.24, 2.45) is 0 Å². The van der Waals surface area contributed by atoms with Gasteiger partial charge in [0.05, 0.1) is 23.6 Å². The summed E-state index contributed by atoms with van der Waals surface area (Å²) < 4.78 is 49.3. The predicted octanol–water partition coefficient (Wildman–Crippen LogP) is -1.07. The molecular weight excluding hydrogens is 508 g/mol. The maximum absolute atomic E-state index is 11.3.